The van der Waals surface area contributed by atoms with Gasteiger partial charge in [0.15, 0.2) is 5.11 Å². The van der Waals surface area contributed by atoms with Crippen molar-refractivity contribution in [1.82, 2.24) is 16.2 Å². The van der Waals surface area contributed by atoms with Gasteiger partial charge in [-0.1, -0.05) is 56.3 Å². The number of amides is 2. The Labute approximate surface area is 199 Å². The second-order valence-electron chi connectivity index (χ2n) is 7.86. The zero-order valence-corrected chi connectivity index (χ0v) is 19.4. The fourth-order valence-corrected chi connectivity index (χ4v) is 3.10. The van der Waals surface area contributed by atoms with Gasteiger partial charge >= 0.3 is 0 Å². The minimum Gasteiger partial charge on any atom is -0.494 e. The summed E-state index contributed by atoms with van der Waals surface area (Å²) in [4.78, 5) is 24.7. The fraction of sp³-hybridized carbons (Fsp3) is 0.192. The van der Waals surface area contributed by atoms with Crippen molar-refractivity contribution in [3.8, 4) is 16.9 Å². The van der Waals surface area contributed by atoms with Gasteiger partial charge in [0.25, 0.3) is 11.8 Å². The number of hydrazine groups is 1. The van der Waals surface area contributed by atoms with Crippen LogP contribution >= 0.6 is 12.2 Å². The lowest BCUT2D eigenvalue weighted by Crippen LogP contribution is -2.48. The molecule has 0 heterocycles. The van der Waals surface area contributed by atoms with E-state index in [1.807, 2.05) is 42.5 Å². The second-order valence-corrected chi connectivity index (χ2v) is 8.27. The maximum Gasteiger partial charge on any atom is 0.269 e. The Morgan fingerprint density at radius 1 is 0.788 bits per heavy atom. The van der Waals surface area contributed by atoms with Gasteiger partial charge in [-0.2, -0.15) is 0 Å². The monoisotopic (exact) mass is 461 g/mol. The third-order valence-electron chi connectivity index (χ3n) is 4.85. The van der Waals surface area contributed by atoms with Crippen molar-refractivity contribution in [2.24, 2.45) is 5.92 Å². The number of hydrogen-bond acceptors (Lipinski definition) is 4. The molecule has 0 aliphatic heterocycles. The molecule has 6 nitrogen and oxygen atoms in total. The highest BCUT2D eigenvalue weighted by atomic mass is 32.1. The highest BCUT2D eigenvalue weighted by Gasteiger charge is 2.10. The number of benzene rings is 3. The highest BCUT2D eigenvalue weighted by Crippen LogP contribution is 2.19. The first-order valence-corrected chi connectivity index (χ1v) is 11.1. The summed E-state index contributed by atoms with van der Waals surface area (Å²) in [6, 6.07) is 23.9. The smallest absolute Gasteiger partial charge is 0.269 e. The van der Waals surface area contributed by atoms with E-state index in [4.69, 9.17) is 17.0 Å². The topological polar surface area (TPSA) is 79.5 Å². The number of carbonyl (C=O) groups excluding carboxylic acids is 2. The molecule has 0 radical (unpaired) electrons. The first-order valence-electron chi connectivity index (χ1n) is 10.7. The van der Waals surface area contributed by atoms with Crippen molar-refractivity contribution in [3.05, 3.63) is 90.0 Å². The standard InChI is InChI=1S/C26H27N3O3S/c1-18(2)16-17-32-23-14-12-21(13-15-23)24(30)27-26(33)29-28-25(31)22-10-8-20(9-11-22)19-6-4-3-5-7-19/h3-15,18H,16-17H2,1-2H3,(H,28,31)(H2,27,29,30,33). The van der Waals surface area contributed by atoms with Gasteiger partial charge in [0.05, 0.1) is 6.61 Å². The molecular formula is C26H27N3O3S. The van der Waals surface area contributed by atoms with Crippen LogP contribution in [0.5, 0.6) is 5.75 Å². The van der Waals surface area contributed by atoms with Crippen LogP contribution in [0.1, 0.15) is 41.0 Å². The van der Waals surface area contributed by atoms with Gasteiger partial charge in [-0.3, -0.25) is 25.8 Å². The van der Waals surface area contributed by atoms with E-state index in [1.165, 1.54) is 0 Å². The lowest BCUT2D eigenvalue weighted by atomic mass is 10.0. The Balaban J connectivity index is 1.45. The molecular weight excluding hydrogens is 434 g/mol. The van der Waals surface area contributed by atoms with Crippen molar-refractivity contribution in [2.75, 3.05) is 6.61 Å². The van der Waals surface area contributed by atoms with Gasteiger partial charge in [-0.15, -0.1) is 0 Å². The molecule has 3 aromatic carbocycles. The first-order chi connectivity index (χ1) is 15.9. The number of carbonyl (C=O) groups is 2. The van der Waals surface area contributed by atoms with Crippen molar-refractivity contribution in [3.63, 3.8) is 0 Å². The molecule has 0 spiro atoms. The van der Waals surface area contributed by atoms with E-state index >= 15 is 0 Å². The van der Waals surface area contributed by atoms with Crippen LogP contribution in [0, 0.1) is 5.92 Å². The van der Waals surface area contributed by atoms with Crippen LogP contribution in [-0.4, -0.2) is 23.5 Å². The largest absolute Gasteiger partial charge is 0.494 e. The van der Waals surface area contributed by atoms with Crippen LogP contribution in [0.15, 0.2) is 78.9 Å². The Morgan fingerprint density at radius 3 is 2.00 bits per heavy atom. The number of ether oxygens (including phenoxy) is 1. The number of rotatable bonds is 7. The van der Waals surface area contributed by atoms with Crippen molar-refractivity contribution < 1.29 is 14.3 Å². The normalized spacial score (nSPS) is 10.4. The van der Waals surface area contributed by atoms with Crippen molar-refractivity contribution in [1.29, 1.82) is 0 Å². The van der Waals surface area contributed by atoms with E-state index in [-0.39, 0.29) is 16.9 Å². The summed E-state index contributed by atoms with van der Waals surface area (Å²) in [6.45, 7) is 4.90. The Morgan fingerprint density at radius 2 is 1.36 bits per heavy atom. The summed E-state index contributed by atoms with van der Waals surface area (Å²) < 4.78 is 5.65. The number of nitrogens with one attached hydrogen (secondary N) is 3. The molecule has 0 bridgehead atoms. The van der Waals surface area contributed by atoms with Crippen LogP contribution in [0.2, 0.25) is 0 Å². The van der Waals surface area contributed by atoms with Crippen LogP contribution in [0.4, 0.5) is 0 Å². The molecule has 0 aliphatic rings. The van der Waals surface area contributed by atoms with Crippen molar-refractivity contribution in [2.45, 2.75) is 20.3 Å². The quantitative estimate of drug-likeness (QED) is 0.350. The summed E-state index contributed by atoms with van der Waals surface area (Å²) in [5.74, 6) is 0.521. The zero-order chi connectivity index (χ0) is 23.6. The van der Waals surface area contributed by atoms with E-state index in [2.05, 4.69) is 30.0 Å². The predicted molar refractivity (Wildman–Crippen MR) is 134 cm³/mol. The van der Waals surface area contributed by atoms with Crippen LogP contribution in [0.3, 0.4) is 0 Å². The molecule has 33 heavy (non-hydrogen) atoms. The van der Waals surface area contributed by atoms with E-state index in [0.717, 1.165) is 17.5 Å². The Bertz CT molecular complexity index is 1080. The van der Waals surface area contributed by atoms with Crippen LogP contribution in [0.25, 0.3) is 11.1 Å². The highest BCUT2D eigenvalue weighted by molar-refractivity contribution is 7.80. The van der Waals surface area contributed by atoms with Crippen LogP contribution in [-0.2, 0) is 0 Å². The molecule has 0 atom stereocenters. The average molecular weight is 462 g/mol. The molecule has 3 N–H and O–H groups in total. The molecule has 3 aromatic rings. The molecule has 0 fully saturated rings. The molecule has 170 valence electrons. The summed E-state index contributed by atoms with van der Waals surface area (Å²) in [5, 5.41) is 2.53. The lowest BCUT2D eigenvalue weighted by Gasteiger charge is -2.12. The van der Waals surface area contributed by atoms with Gasteiger partial charge in [0.1, 0.15) is 5.75 Å². The molecule has 0 saturated carbocycles. The van der Waals surface area contributed by atoms with E-state index in [1.54, 1.807) is 36.4 Å². The third kappa shape index (κ3) is 7.43. The minimum atomic E-state index is -0.386. The first kappa shape index (κ1) is 23.9. The number of thiocarbonyl (C=S) groups is 1. The predicted octanol–water partition coefficient (Wildman–Crippen LogP) is 4.73. The zero-order valence-electron chi connectivity index (χ0n) is 18.6. The van der Waals surface area contributed by atoms with Gasteiger partial charge in [0.2, 0.25) is 0 Å². The molecule has 0 aliphatic carbocycles. The van der Waals surface area contributed by atoms with Gasteiger partial charge < -0.3 is 4.74 Å². The van der Waals surface area contributed by atoms with Crippen molar-refractivity contribution >= 4 is 29.1 Å². The molecule has 3 rings (SSSR count). The van der Waals surface area contributed by atoms with E-state index < -0.39 is 0 Å². The Hall–Kier alpha value is -3.71. The average Bonchev–Trinajstić information content (AvgIpc) is 2.83. The minimum absolute atomic E-state index is 0.00786. The molecule has 0 unspecified atom stereocenters. The second kappa shape index (κ2) is 11.8. The summed E-state index contributed by atoms with van der Waals surface area (Å²) in [5.41, 5.74) is 8.02. The molecule has 0 aromatic heterocycles. The van der Waals surface area contributed by atoms with Gasteiger partial charge in [-0.25, -0.2) is 0 Å². The maximum atomic E-state index is 12.4. The van der Waals surface area contributed by atoms with E-state index in [0.29, 0.717) is 29.4 Å². The Kier molecular flexibility index (Phi) is 8.55. The maximum absolute atomic E-state index is 12.4. The fourth-order valence-electron chi connectivity index (χ4n) is 2.95. The third-order valence-corrected chi connectivity index (χ3v) is 5.06. The number of hydrogen-bond donors (Lipinski definition) is 3. The summed E-state index contributed by atoms with van der Waals surface area (Å²) >= 11 is 5.11. The molecule has 2 amide bonds. The molecule has 0 saturated heterocycles. The summed E-state index contributed by atoms with van der Waals surface area (Å²) in [7, 11) is 0. The SMILES string of the molecule is CC(C)CCOc1ccc(C(=O)NC(=S)NNC(=O)c2ccc(-c3ccccc3)cc2)cc1. The van der Waals surface area contributed by atoms with Crippen LogP contribution < -0.4 is 20.9 Å². The summed E-state index contributed by atoms with van der Waals surface area (Å²) in [6.07, 6.45) is 0.963. The lowest BCUT2D eigenvalue weighted by molar-refractivity contribution is 0.0934. The van der Waals surface area contributed by atoms with Gasteiger partial charge in [-0.05, 0) is 72.1 Å². The van der Waals surface area contributed by atoms with Gasteiger partial charge in [0, 0.05) is 11.1 Å². The van der Waals surface area contributed by atoms with E-state index in [9.17, 15) is 9.59 Å². The molecule has 7 heteroatoms.